The van der Waals surface area contributed by atoms with Crippen LogP contribution in [0.2, 0.25) is 0 Å². The van der Waals surface area contributed by atoms with E-state index >= 15 is 0 Å². The van der Waals surface area contributed by atoms with Gasteiger partial charge in [-0.1, -0.05) is 50.7 Å². The first-order valence-electron chi connectivity index (χ1n) is 13.7. The average Bonchev–Trinajstić information content (AvgIpc) is 2.87. The number of hydrogen-bond donors (Lipinski definition) is 0. The Labute approximate surface area is 197 Å². The average molecular weight is 439 g/mol. The highest BCUT2D eigenvalue weighted by atomic mass is 15.5. The fourth-order valence-electron chi connectivity index (χ4n) is 6.57. The van der Waals surface area contributed by atoms with Crippen LogP contribution in [0.4, 0.5) is 5.69 Å². The fraction of sp³-hybridized carbons (Fsp3) is 0.750. The zero-order valence-corrected chi connectivity index (χ0v) is 20.7. The Morgan fingerprint density at radius 2 is 1.34 bits per heavy atom. The number of benzene rings is 1. The third kappa shape index (κ3) is 6.07. The van der Waals surface area contributed by atoms with Gasteiger partial charge in [0.25, 0.3) is 0 Å². The lowest BCUT2D eigenvalue weighted by molar-refractivity contribution is 0.0179. The highest BCUT2D eigenvalue weighted by Crippen LogP contribution is 2.38. The van der Waals surface area contributed by atoms with Crippen LogP contribution in [0.25, 0.3) is 0 Å². The molecule has 3 fully saturated rings. The number of hydrazone groups is 1. The minimum Gasteiger partial charge on any atom is -0.372 e. The first kappa shape index (κ1) is 23.6. The quantitative estimate of drug-likeness (QED) is 0.464. The molecule has 1 aliphatic heterocycles. The minimum atomic E-state index is 0.842. The summed E-state index contributed by atoms with van der Waals surface area (Å²) in [6.07, 6.45) is 16.7. The molecule has 32 heavy (non-hydrogen) atoms. The number of anilines is 1. The summed E-state index contributed by atoms with van der Waals surface area (Å²) in [6, 6.07) is 9.70. The van der Waals surface area contributed by atoms with Crippen molar-refractivity contribution in [3.63, 3.8) is 0 Å². The second kappa shape index (κ2) is 12.1. The fourth-order valence-corrected chi connectivity index (χ4v) is 6.57. The predicted octanol–water partition coefficient (Wildman–Crippen LogP) is 6.01. The van der Waals surface area contributed by atoms with Gasteiger partial charge in [-0.05, 0) is 69.1 Å². The first-order valence-corrected chi connectivity index (χ1v) is 13.7. The van der Waals surface area contributed by atoms with Crippen molar-refractivity contribution in [2.75, 3.05) is 44.2 Å². The lowest BCUT2D eigenvalue weighted by atomic mass is 9.73. The van der Waals surface area contributed by atoms with Crippen LogP contribution in [0.15, 0.2) is 29.4 Å². The monoisotopic (exact) mass is 438 g/mol. The molecule has 178 valence electrons. The van der Waals surface area contributed by atoms with Crippen LogP contribution >= 0.6 is 0 Å². The zero-order valence-electron chi connectivity index (χ0n) is 20.7. The molecular formula is C28H46N4. The normalized spacial score (nSPS) is 22.2. The Kier molecular flexibility index (Phi) is 8.90. The molecule has 1 heterocycles. The zero-order chi connectivity index (χ0) is 22.2. The summed E-state index contributed by atoms with van der Waals surface area (Å²) in [5, 5.41) is 7.15. The lowest BCUT2D eigenvalue weighted by Gasteiger charge is -2.47. The van der Waals surface area contributed by atoms with Gasteiger partial charge in [-0.3, -0.25) is 9.91 Å². The third-order valence-electron chi connectivity index (χ3n) is 8.37. The summed E-state index contributed by atoms with van der Waals surface area (Å²) in [4.78, 5) is 5.27. The number of rotatable bonds is 8. The summed E-state index contributed by atoms with van der Waals surface area (Å²) in [7, 11) is 0. The van der Waals surface area contributed by atoms with Crippen LogP contribution in [0.3, 0.4) is 0 Å². The number of nitrogens with zero attached hydrogens (tertiary/aromatic N) is 4. The molecule has 0 unspecified atom stereocenters. The highest BCUT2D eigenvalue weighted by Gasteiger charge is 2.36. The van der Waals surface area contributed by atoms with Crippen molar-refractivity contribution in [3.05, 3.63) is 29.8 Å². The second-order valence-corrected chi connectivity index (χ2v) is 10.3. The summed E-state index contributed by atoms with van der Waals surface area (Å²) in [6.45, 7) is 11.1. The topological polar surface area (TPSA) is 22.1 Å². The molecule has 1 aromatic rings. The van der Waals surface area contributed by atoms with E-state index in [0.29, 0.717) is 0 Å². The molecule has 2 aliphatic carbocycles. The molecule has 0 bridgehead atoms. The van der Waals surface area contributed by atoms with E-state index in [1.165, 1.54) is 88.5 Å². The molecule has 0 N–H and O–H groups in total. The van der Waals surface area contributed by atoms with E-state index in [4.69, 9.17) is 5.10 Å². The number of hydrogen-bond acceptors (Lipinski definition) is 4. The van der Waals surface area contributed by atoms with Crippen LogP contribution in [0, 0.1) is 11.8 Å². The maximum absolute atomic E-state index is 4.86. The van der Waals surface area contributed by atoms with Crippen LogP contribution < -0.4 is 4.90 Å². The third-order valence-corrected chi connectivity index (χ3v) is 8.37. The van der Waals surface area contributed by atoms with Gasteiger partial charge in [0, 0.05) is 51.0 Å². The molecular weight excluding hydrogens is 392 g/mol. The standard InChI is InChI=1S/C28H46N4/c1-3-30(4-2)27-17-15-24(16-18-27)23-29-32-21-19-31(20-22-32)28(25-11-7-5-8-12-25)26-13-9-6-10-14-26/h15-18,23,25-26,28H,3-14,19-22H2,1-2H3/b29-23+. The van der Waals surface area contributed by atoms with Gasteiger partial charge in [0.15, 0.2) is 0 Å². The molecule has 4 rings (SSSR count). The molecule has 0 amide bonds. The largest absolute Gasteiger partial charge is 0.372 e. The highest BCUT2D eigenvalue weighted by molar-refractivity contribution is 5.80. The van der Waals surface area contributed by atoms with E-state index in [1.807, 2.05) is 0 Å². The summed E-state index contributed by atoms with van der Waals surface area (Å²) < 4.78 is 0. The van der Waals surface area contributed by atoms with Crippen LogP contribution in [0.5, 0.6) is 0 Å². The second-order valence-electron chi connectivity index (χ2n) is 10.3. The van der Waals surface area contributed by atoms with Crippen LogP contribution in [0.1, 0.15) is 83.6 Å². The van der Waals surface area contributed by atoms with Gasteiger partial charge >= 0.3 is 0 Å². The van der Waals surface area contributed by atoms with Gasteiger partial charge in [-0.2, -0.15) is 5.10 Å². The molecule has 0 atom stereocenters. The van der Waals surface area contributed by atoms with Crippen LogP contribution in [-0.4, -0.2) is 61.4 Å². The number of piperazine rings is 1. The summed E-state index contributed by atoms with van der Waals surface area (Å²) in [5.74, 6) is 1.90. The van der Waals surface area contributed by atoms with E-state index in [2.05, 4.69) is 59.1 Å². The Bertz CT molecular complexity index is 658. The van der Waals surface area contributed by atoms with Crippen LogP contribution in [-0.2, 0) is 0 Å². The van der Waals surface area contributed by atoms with Gasteiger partial charge in [-0.25, -0.2) is 0 Å². The molecule has 0 aromatic heterocycles. The van der Waals surface area contributed by atoms with E-state index < -0.39 is 0 Å². The molecule has 1 saturated heterocycles. The summed E-state index contributed by atoms with van der Waals surface area (Å²) >= 11 is 0. The SMILES string of the molecule is CCN(CC)c1ccc(/C=N/N2CCN(C(C3CCCCC3)C3CCCCC3)CC2)cc1. The summed E-state index contributed by atoms with van der Waals surface area (Å²) in [5.41, 5.74) is 2.50. The van der Waals surface area contributed by atoms with Gasteiger partial charge < -0.3 is 4.90 Å². The molecule has 1 aromatic carbocycles. The minimum absolute atomic E-state index is 0.842. The smallest absolute Gasteiger partial charge is 0.0542 e. The molecule has 3 aliphatic rings. The molecule has 2 saturated carbocycles. The Balaban J connectivity index is 1.32. The molecule has 4 heteroatoms. The molecule has 0 radical (unpaired) electrons. The van der Waals surface area contributed by atoms with E-state index in [1.54, 1.807) is 0 Å². The van der Waals surface area contributed by atoms with Crippen molar-refractivity contribution < 1.29 is 0 Å². The lowest BCUT2D eigenvalue weighted by Crippen LogP contribution is -2.54. The predicted molar refractivity (Wildman–Crippen MR) is 138 cm³/mol. The van der Waals surface area contributed by atoms with E-state index in [-0.39, 0.29) is 0 Å². The van der Waals surface area contributed by atoms with Crippen molar-refractivity contribution in [1.29, 1.82) is 0 Å². The van der Waals surface area contributed by atoms with Crippen molar-refractivity contribution in [3.8, 4) is 0 Å². The maximum atomic E-state index is 4.86. The molecule has 0 spiro atoms. The van der Waals surface area contributed by atoms with Gasteiger partial charge in [0.2, 0.25) is 0 Å². The van der Waals surface area contributed by atoms with E-state index in [9.17, 15) is 0 Å². The van der Waals surface area contributed by atoms with E-state index in [0.717, 1.165) is 44.1 Å². The Morgan fingerprint density at radius 3 is 1.84 bits per heavy atom. The van der Waals surface area contributed by atoms with Gasteiger partial charge in [-0.15, -0.1) is 0 Å². The first-order chi connectivity index (χ1) is 15.8. The van der Waals surface area contributed by atoms with Crippen molar-refractivity contribution >= 4 is 11.9 Å². The van der Waals surface area contributed by atoms with Crippen molar-refractivity contribution in [2.24, 2.45) is 16.9 Å². The Hall–Kier alpha value is -1.55. The van der Waals surface area contributed by atoms with Gasteiger partial charge in [0.1, 0.15) is 0 Å². The van der Waals surface area contributed by atoms with Crippen molar-refractivity contribution in [1.82, 2.24) is 9.91 Å². The Morgan fingerprint density at radius 1 is 0.812 bits per heavy atom. The maximum Gasteiger partial charge on any atom is 0.0542 e. The van der Waals surface area contributed by atoms with Crippen molar-refractivity contribution in [2.45, 2.75) is 84.1 Å². The van der Waals surface area contributed by atoms with Gasteiger partial charge in [0.05, 0.1) is 6.21 Å². The molecule has 4 nitrogen and oxygen atoms in total.